The number of hydrogen-bond acceptors (Lipinski definition) is 5. The van der Waals surface area contributed by atoms with Crippen LogP contribution in [-0.4, -0.2) is 27.8 Å². The topological polar surface area (TPSA) is 79.9 Å². The summed E-state index contributed by atoms with van der Waals surface area (Å²) in [6, 6.07) is 0. The summed E-state index contributed by atoms with van der Waals surface area (Å²) in [7, 11) is 0. The van der Waals surface area contributed by atoms with Gasteiger partial charge < -0.3 is 10.1 Å². The first-order chi connectivity index (χ1) is 6.77. The van der Waals surface area contributed by atoms with Crippen molar-refractivity contribution in [1.82, 2.24) is 15.2 Å². The van der Waals surface area contributed by atoms with Gasteiger partial charge in [-0.05, 0) is 6.92 Å². The number of ether oxygens (including phenoxy) is 1. The van der Waals surface area contributed by atoms with Gasteiger partial charge in [0.15, 0.2) is 0 Å². The van der Waals surface area contributed by atoms with Crippen LogP contribution < -0.4 is 5.32 Å². The molecule has 0 spiro atoms. The van der Waals surface area contributed by atoms with Crippen molar-refractivity contribution in [1.29, 1.82) is 0 Å². The van der Waals surface area contributed by atoms with Gasteiger partial charge in [-0.3, -0.25) is 0 Å². The van der Waals surface area contributed by atoms with Crippen molar-refractivity contribution in [3.63, 3.8) is 0 Å². The van der Waals surface area contributed by atoms with Crippen molar-refractivity contribution < 1.29 is 9.53 Å². The van der Waals surface area contributed by atoms with Crippen LogP contribution in [0.4, 0.5) is 5.95 Å². The fourth-order valence-corrected chi connectivity index (χ4v) is 1.29. The second-order valence-electron chi connectivity index (χ2n) is 2.95. The molecule has 0 radical (unpaired) electrons. The summed E-state index contributed by atoms with van der Waals surface area (Å²) in [6.07, 6.45) is 2.04. The summed E-state index contributed by atoms with van der Waals surface area (Å²) < 4.78 is 4.82. The lowest BCUT2D eigenvalue weighted by atomic mass is 10.2. The molecule has 14 heavy (non-hydrogen) atoms. The van der Waals surface area contributed by atoms with E-state index in [1.54, 1.807) is 0 Å². The molecule has 74 valence electrons. The molecule has 0 aliphatic carbocycles. The largest absolute Gasteiger partial charge is 0.462 e. The van der Waals surface area contributed by atoms with Crippen LogP contribution in [0.25, 0.3) is 0 Å². The summed E-state index contributed by atoms with van der Waals surface area (Å²) in [5, 5.41) is 9.28. The normalized spacial score (nSPS) is 19.4. The molecule has 2 heterocycles. The van der Waals surface area contributed by atoms with E-state index in [1.807, 2.05) is 6.92 Å². The number of rotatable bonds is 2. The Morgan fingerprint density at radius 1 is 1.71 bits per heavy atom. The van der Waals surface area contributed by atoms with E-state index in [0.717, 1.165) is 5.70 Å². The van der Waals surface area contributed by atoms with Crippen molar-refractivity contribution in [2.75, 3.05) is 11.9 Å². The number of allylic oxidation sites excluding steroid dienone is 1. The van der Waals surface area contributed by atoms with Crippen LogP contribution in [0.1, 0.15) is 13.3 Å². The maximum Gasteiger partial charge on any atom is 0.335 e. The standard InChI is InChI=1S/C8H10N4O2/c1-5(6-2-3-14-7(6)13)11-8-9-4-10-12-8/h4H,2-3H2,1H3,(H2,9,10,11,12). The number of esters is 1. The number of anilines is 1. The number of H-pyrrole nitrogens is 1. The fourth-order valence-electron chi connectivity index (χ4n) is 1.29. The Balaban J connectivity index is 2.15. The molecule has 0 atom stereocenters. The van der Waals surface area contributed by atoms with Gasteiger partial charge in [-0.15, -0.1) is 0 Å². The molecule has 0 amide bonds. The SMILES string of the molecule is CC(Nc1ncn[nH]1)=C1CCOC1=O. The Morgan fingerprint density at radius 2 is 2.57 bits per heavy atom. The Hall–Kier alpha value is -1.85. The number of carbonyl (C=O) groups excluding carboxylic acids is 1. The number of carbonyl (C=O) groups is 1. The number of nitrogens with zero attached hydrogens (tertiary/aromatic N) is 2. The van der Waals surface area contributed by atoms with E-state index in [1.165, 1.54) is 6.33 Å². The zero-order valence-corrected chi connectivity index (χ0v) is 7.70. The molecule has 2 rings (SSSR count). The zero-order chi connectivity index (χ0) is 9.97. The average molecular weight is 194 g/mol. The molecule has 1 aliphatic heterocycles. The summed E-state index contributed by atoms with van der Waals surface area (Å²) in [5.74, 6) is 0.268. The van der Waals surface area contributed by atoms with Gasteiger partial charge in [-0.2, -0.15) is 10.1 Å². The quantitative estimate of drug-likeness (QED) is 0.527. The Kier molecular flexibility index (Phi) is 2.18. The van der Waals surface area contributed by atoms with Crippen molar-refractivity contribution in [3.8, 4) is 0 Å². The molecular weight excluding hydrogens is 184 g/mol. The first-order valence-corrected chi connectivity index (χ1v) is 4.26. The third-order valence-corrected chi connectivity index (χ3v) is 2.01. The monoisotopic (exact) mass is 194 g/mol. The van der Waals surface area contributed by atoms with E-state index >= 15 is 0 Å². The van der Waals surface area contributed by atoms with Crippen LogP contribution in [0.5, 0.6) is 0 Å². The Bertz CT molecular complexity index is 369. The number of nitrogens with one attached hydrogen (secondary N) is 2. The van der Waals surface area contributed by atoms with E-state index in [4.69, 9.17) is 4.74 Å². The van der Waals surface area contributed by atoms with Crippen molar-refractivity contribution in [2.45, 2.75) is 13.3 Å². The van der Waals surface area contributed by atoms with Crippen LogP contribution in [0.15, 0.2) is 17.6 Å². The van der Waals surface area contributed by atoms with Gasteiger partial charge in [0.1, 0.15) is 6.33 Å². The molecule has 1 aromatic rings. The lowest BCUT2D eigenvalue weighted by molar-refractivity contribution is -0.135. The Morgan fingerprint density at radius 3 is 3.14 bits per heavy atom. The Labute approximate surface area is 80.4 Å². The minimum atomic E-state index is -0.255. The van der Waals surface area contributed by atoms with Crippen molar-refractivity contribution in [2.24, 2.45) is 0 Å². The molecule has 2 N–H and O–H groups in total. The fraction of sp³-hybridized carbons (Fsp3) is 0.375. The van der Waals surface area contributed by atoms with Gasteiger partial charge in [0, 0.05) is 12.1 Å². The molecular formula is C8H10N4O2. The van der Waals surface area contributed by atoms with Crippen LogP contribution in [-0.2, 0) is 9.53 Å². The smallest absolute Gasteiger partial charge is 0.335 e. The molecule has 6 nitrogen and oxygen atoms in total. The number of aromatic nitrogens is 3. The first-order valence-electron chi connectivity index (χ1n) is 4.26. The third kappa shape index (κ3) is 1.59. The third-order valence-electron chi connectivity index (χ3n) is 2.01. The maximum absolute atomic E-state index is 11.2. The molecule has 1 aliphatic rings. The van der Waals surface area contributed by atoms with Gasteiger partial charge >= 0.3 is 5.97 Å². The summed E-state index contributed by atoms with van der Waals surface area (Å²) in [5.41, 5.74) is 1.42. The van der Waals surface area contributed by atoms with Gasteiger partial charge in [0.2, 0.25) is 5.95 Å². The zero-order valence-electron chi connectivity index (χ0n) is 7.70. The van der Waals surface area contributed by atoms with E-state index in [2.05, 4.69) is 20.5 Å². The number of cyclic esters (lactones) is 1. The highest BCUT2D eigenvalue weighted by Gasteiger charge is 2.21. The average Bonchev–Trinajstić information content (AvgIpc) is 2.75. The molecule has 0 saturated carbocycles. The van der Waals surface area contributed by atoms with Crippen LogP contribution in [0.2, 0.25) is 0 Å². The van der Waals surface area contributed by atoms with Gasteiger partial charge in [-0.25, -0.2) is 9.89 Å². The second-order valence-corrected chi connectivity index (χ2v) is 2.95. The molecule has 1 saturated heterocycles. The van der Waals surface area contributed by atoms with Gasteiger partial charge in [0.05, 0.1) is 12.2 Å². The van der Waals surface area contributed by atoms with E-state index in [9.17, 15) is 4.79 Å². The summed E-state index contributed by atoms with van der Waals surface area (Å²) >= 11 is 0. The van der Waals surface area contributed by atoms with Gasteiger partial charge in [0.25, 0.3) is 0 Å². The first kappa shape index (κ1) is 8.74. The van der Waals surface area contributed by atoms with Crippen LogP contribution >= 0.6 is 0 Å². The number of aromatic amines is 1. The minimum Gasteiger partial charge on any atom is -0.462 e. The maximum atomic E-state index is 11.2. The minimum absolute atomic E-state index is 0.255. The van der Waals surface area contributed by atoms with Crippen molar-refractivity contribution in [3.05, 3.63) is 17.6 Å². The van der Waals surface area contributed by atoms with E-state index < -0.39 is 0 Å². The van der Waals surface area contributed by atoms with E-state index in [-0.39, 0.29) is 5.97 Å². The highest BCUT2D eigenvalue weighted by atomic mass is 16.5. The molecule has 1 fully saturated rings. The van der Waals surface area contributed by atoms with E-state index in [0.29, 0.717) is 24.5 Å². The highest BCUT2D eigenvalue weighted by molar-refractivity contribution is 5.91. The molecule has 6 heteroatoms. The predicted molar refractivity (Wildman–Crippen MR) is 48.3 cm³/mol. The molecule has 0 bridgehead atoms. The number of hydrogen-bond donors (Lipinski definition) is 2. The van der Waals surface area contributed by atoms with Crippen LogP contribution in [0.3, 0.4) is 0 Å². The molecule has 1 aromatic heterocycles. The predicted octanol–water partition coefficient (Wildman–Crippen LogP) is 0.437. The molecule has 0 aromatic carbocycles. The lowest BCUT2D eigenvalue weighted by Gasteiger charge is -2.03. The molecule has 0 unspecified atom stereocenters. The second kappa shape index (κ2) is 3.49. The lowest BCUT2D eigenvalue weighted by Crippen LogP contribution is -2.05. The van der Waals surface area contributed by atoms with Gasteiger partial charge in [-0.1, -0.05) is 0 Å². The highest BCUT2D eigenvalue weighted by Crippen LogP contribution is 2.17. The summed E-state index contributed by atoms with van der Waals surface area (Å²) in [6.45, 7) is 2.27. The van der Waals surface area contributed by atoms with Crippen LogP contribution in [0, 0.1) is 0 Å². The summed E-state index contributed by atoms with van der Waals surface area (Å²) in [4.78, 5) is 15.1. The van der Waals surface area contributed by atoms with Crippen molar-refractivity contribution >= 4 is 11.9 Å².